The molecule has 0 radical (unpaired) electrons. The number of nitrogen functional groups attached to an aromatic ring is 1. The average Bonchev–Trinajstić information content (AvgIpc) is 3.05. The number of benzene rings is 1. The van der Waals surface area contributed by atoms with Crippen molar-refractivity contribution in [1.29, 1.82) is 5.26 Å². The summed E-state index contributed by atoms with van der Waals surface area (Å²) in [5.41, 5.74) is 7.11. The van der Waals surface area contributed by atoms with Gasteiger partial charge >= 0.3 is 5.97 Å². The van der Waals surface area contributed by atoms with Gasteiger partial charge in [-0.25, -0.2) is 4.79 Å². The van der Waals surface area contributed by atoms with Crippen molar-refractivity contribution in [3.63, 3.8) is 0 Å². The van der Waals surface area contributed by atoms with Gasteiger partial charge in [-0.1, -0.05) is 44.2 Å². The van der Waals surface area contributed by atoms with Crippen LogP contribution in [0.3, 0.4) is 0 Å². The first-order valence-electron chi connectivity index (χ1n) is 9.96. The molecule has 152 valence electrons. The molecule has 1 fully saturated rings. The summed E-state index contributed by atoms with van der Waals surface area (Å²) in [5.74, 6) is -0.869. The molecule has 1 aromatic heterocycles. The SMILES string of the molecule is COC(=O)c1c(N)c(C#N)cn1-c1ccccc1C(=O)NC1CCCCCCC1. The van der Waals surface area contributed by atoms with E-state index in [0.29, 0.717) is 11.3 Å². The van der Waals surface area contributed by atoms with Crippen LogP contribution in [0.1, 0.15) is 71.4 Å². The van der Waals surface area contributed by atoms with E-state index in [1.807, 2.05) is 6.07 Å². The van der Waals surface area contributed by atoms with Crippen LogP contribution >= 0.6 is 0 Å². The summed E-state index contributed by atoms with van der Waals surface area (Å²) < 4.78 is 6.30. The number of nitrogens with zero attached hydrogens (tertiary/aromatic N) is 2. The second kappa shape index (κ2) is 9.28. The van der Waals surface area contributed by atoms with Crippen molar-refractivity contribution < 1.29 is 14.3 Å². The highest BCUT2D eigenvalue weighted by Gasteiger charge is 2.25. The number of nitrogens with one attached hydrogen (secondary N) is 1. The second-order valence-corrected chi connectivity index (χ2v) is 7.31. The van der Waals surface area contributed by atoms with Gasteiger partial charge in [-0.15, -0.1) is 0 Å². The summed E-state index contributed by atoms with van der Waals surface area (Å²) in [6, 6.07) is 9.08. The van der Waals surface area contributed by atoms with Crippen molar-refractivity contribution in [3.8, 4) is 11.8 Å². The number of hydrogen-bond acceptors (Lipinski definition) is 5. The van der Waals surface area contributed by atoms with Crippen molar-refractivity contribution in [2.45, 2.75) is 51.0 Å². The van der Waals surface area contributed by atoms with Gasteiger partial charge in [0.05, 0.1) is 29.6 Å². The number of para-hydroxylation sites is 1. The number of nitriles is 1. The third-order valence-electron chi connectivity index (χ3n) is 5.39. The minimum Gasteiger partial charge on any atom is -0.464 e. The Kier molecular flexibility index (Phi) is 6.55. The molecule has 0 saturated heterocycles. The average molecular weight is 394 g/mol. The van der Waals surface area contributed by atoms with Gasteiger partial charge in [-0.2, -0.15) is 5.26 Å². The summed E-state index contributed by atoms with van der Waals surface area (Å²) in [6.45, 7) is 0. The Balaban J connectivity index is 1.96. The lowest BCUT2D eigenvalue weighted by Crippen LogP contribution is -2.35. The molecule has 0 bridgehead atoms. The zero-order valence-electron chi connectivity index (χ0n) is 16.6. The number of ether oxygens (including phenoxy) is 1. The van der Waals surface area contributed by atoms with E-state index >= 15 is 0 Å². The van der Waals surface area contributed by atoms with E-state index < -0.39 is 5.97 Å². The summed E-state index contributed by atoms with van der Waals surface area (Å²) >= 11 is 0. The Bertz CT molecular complexity index is 934. The van der Waals surface area contributed by atoms with Crippen molar-refractivity contribution in [3.05, 3.63) is 47.3 Å². The first kappa shape index (κ1) is 20.5. The summed E-state index contributed by atoms with van der Waals surface area (Å²) in [5, 5.41) is 12.5. The molecule has 0 atom stereocenters. The van der Waals surface area contributed by atoms with Gasteiger partial charge in [0.15, 0.2) is 5.69 Å². The van der Waals surface area contributed by atoms with E-state index in [0.717, 1.165) is 25.7 Å². The predicted octanol–water partition coefficient (Wildman–Crippen LogP) is 3.56. The first-order chi connectivity index (χ1) is 14.1. The van der Waals surface area contributed by atoms with Crippen LogP contribution in [0, 0.1) is 11.3 Å². The van der Waals surface area contributed by atoms with Gasteiger partial charge in [0, 0.05) is 12.2 Å². The maximum atomic E-state index is 13.1. The number of esters is 1. The molecule has 7 nitrogen and oxygen atoms in total. The highest BCUT2D eigenvalue weighted by Crippen LogP contribution is 2.27. The van der Waals surface area contributed by atoms with Gasteiger partial charge in [0.25, 0.3) is 5.91 Å². The van der Waals surface area contributed by atoms with Crippen LogP contribution in [-0.4, -0.2) is 29.6 Å². The Morgan fingerprint density at radius 1 is 1.17 bits per heavy atom. The van der Waals surface area contributed by atoms with E-state index in [-0.39, 0.29) is 28.9 Å². The maximum absolute atomic E-state index is 13.1. The molecule has 1 aromatic carbocycles. The lowest BCUT2D eigenvalue weighted by molar-refractivity contribution is 0.0592. The number of methoxy groups -OCH3 is 1. The normalized spacial score (nSPS) is 15.0. The van der Waals surface area contributed by atoms with E-state index in [9.17, 15) is 14.9 Å². The van der Waals surface area contributed by atoms with Gasteiger partial charge in [-0.3, -0.25) is 4.79 Å². The number of hydrogen-bond donors (Lipinski definition) is 2. The van der Waals surface area contributed by atoms with Crippen LogP contribution in [0.5, 0.6) is 0 Å². The van der Waals surface area contributed by atoms with Crippen molar-refractivity contribution in [2.75, 3.05) is 12.8 Å². The molecule has 0 spiro atoms. The molecule has 1 saturated carbocycles. The second-order valence-electron chi connectivity index (χ2n) is 7.31. The lowest BCUT2D eigenvalue weighted by Gasteiger charge is -2.22. The van der Waals surface area contributed by atoms with Crippen LogP contribution in [0.15, 0.2) is 30.5 Å². The van der Waals surface area contributed by atoms with E-state index in [2.05, 4.69) is 5.32 Å². The molecular formula is C22H26N4O3. The van der Waals surface area contributed by atoms with E-state index in [1.165, 1.54) is 37.1 Å². The van der Waals surface area contributed by atoms with Crippen LogP contribution in [0.25, 0.3) is 5.69 Å². The number of amides is 1. The summed E-state index contributed by atoms with van der Waals surface area (Å²) in [6.07, 6.45) is 9.28. The molecule has 1 amide bonds. The number of anilines is 1. The zero-order chi connectivity index (χ0) is 20.8. The van der Waals surface area contributed by atoms with Gasteiger partial charge < -0.3 is 20.4 Å². The zero-order valence-corrected chi connectivity index (χ0v) is 16.6. The van der Waals surface area contributed by atoms with Gasteiger partial charge in [0.2, 0.25) is 0 Å². The molecule has 0 aliphatic heterocycles. The predicted molar refractivity (Wildman–Crippen MR) is 110 cm³/mol. The smallest absolute Gasteiger partial charge is 0.357 e. The minimum atomic E-state index is -0.667. The monoisotopic (exact) mass is 394 g/mol. The number of carbonyl (C=O) groups is 2. The molecule has 7 heteroatoms. The largest absolute Gasteiger partial charge is 0.464 e. The molecule has 1 aliphatic rings. The van der Waals surface area contributed by atoms with E-state index in [4.69, 9.17) is 10.5 Å². The van der Waals surface area contributed by atoms with Crippen LogP contribution in [-0.2, 0) is 4.74 Å². The summed E-state index contributed by atoms with van der Waals surface area (Å²) in [4.78, 5) is 25.4. The Hall–Kier alpha value is -3.27. The Labute approximate surface area is 170 Å². The van der Waals surface area contributed by atoms with Crippen LogP contribution in [0.4, 0.5) is 5.69 Å². The molecule has 3 N–H and O–H groups in total. The molecule has 3 rings (SSSR count). The molecule has 1 aliphatic carbocycles. The quantitative estimate of drug-likeness (QED) is 0.771. The molecule has 1 heterocycles. The Morgan fingerprint density at radius 3 is 2.48 bits per heavy atom. The van der Waals surface area contributed by atoms with Crippen molar-refractivity contribution >= 4 is 17.6 Å². The fourth-order valence-electron chi connectivity index (χ4n) is 3.84. The molecule has 0 unspecified atom stereocenters. The third-order valence-corrected chi connectivity index (χ3v) is 5.39. The van der Waals surface area contributed by atoms with Crippen molar-refractivity contribution in [1.82, 2.24) is 9.88 Å². The minimum absolute atomic E-state index is 0.0366. The third kappa shape index (κ3) is 4.43. The lowest BCUT2D eigenvalue weighted by atomic mass is 9.96. The first-order valence-corrected chi connectivity index (χ1v) is 9.96. The van der Waals surface area contributed by atoms with E-state index in [1.54, 1.807) is 24.3 Å². The molecular weight excluding hydrogens is 368 g/mol. The highest BCUT2D eigenvalue weighted by atomic mass is 16.5. The number of nitrogens with two attached hydrogens (primary N) is 1. The highest BCUT2D eigenvalue weighted by molar-refractivity contribution is 6.00. The standard InChI is InChI=1S/C22H26N4O3/c1-29-22(28)20-19(24)15(13-23)14-26(20)18-12-8-7-11-17(18)21(27)25-16-9-5-3-2-4-6-10-16/h7-8,11-12,14,16H,2-6,9-10,24H2,1H3,(H,25,27). The van der Waals surface area contributed by atoms with Crippen molar-refractivity contribution in [2.24, 2.45) is 0 Å². The molecule has 29 heavy (non-hydrogen) atoms. The van der Waals surface area contributed by atoms with Gasteiger partial charge in [-0.05, 0) is 25.0 Å². The number of rotatable bonds is 4. The molecule has 2 aromatic rings. The van der Waals surface area contributed by atoms with Crippen LogP contribution < -0.4 is 11.1 Å². The maximum Gasteiger partial charge on any atom is 0.357 e. The number of carbonyl (C=O) groups excluding carboxylic acids is 2. The Morgan fingerprint density at radius 2 is 1.83 bits per heavy atom. The van der Waals surface area contributed by atoms with Gasteiger partial charge in [0.1, 0.15) is 6.07 Å². The number of aromatic nitrogens is 1. The summed E-state index contributed by atoms with van der Waals surface area (Å²) in [7, 11) is 1.25. The van der Waals surface area contributed by atoms with Crippen LogP contribution in [0.2, 0.25) is 0 Å². The fourth-order valence-corrected chi connectivity index (χ4v) is 3.84. The topological polar surface area (TPSA) is 110 Å². The fraction of sp³-hybridized carbons (Fsp3) is 0.409.